The Bertz CT molecular complexity index is 1190. The van der Waals surface area contributed by atoms with E-state index in [9.17, 15) is 9.59 Å². The fourth-order valence-electron chi connectivity index (χ4n) is 4.31. The highest BCUT2D eigenvalue weighted by Crippen LogP contribution is 2.65. The number of hydrogen-bond donors (Lipinski definition) is 2. The van der Waals surface area contributed by atoms with E-state index in [1.807, 2.05) is 0 Å². The van der Waals surface area contributed by atoms with Gasteiger partial charge in [0.2, 0.25) is 5.91 Å². The Morgan fingerprint density at radius 2 is 1.68 bits per heavy atom. The first-order valence-corrected chi connectivity index (χ1v) is 12.6. The van der Waals surface area contributed by atoms with Crippen LogP contribution in [0.5, 0.6) is 0 Å². The number of hydrogen-bond acceptors (Lipinski definition) is 3. The van der Waals surface area contributed by atoms with Crippen LogP contribution in [0.2, 0.25) is 20.1 Å². The summed E-state index contributed by atoms with van der Waals surface area (Å²) >= 11 is 37.3. The van der Waals surface area contributed by atoms with Crippen LogP contribution >= 0.6 is 69.6 Å². The van der Waals surface area contributed by atoms with E-state index in [0.717, 1.165) is 12.8 Å². The molecular weight excluding hydrogens is 563 g/mol. The van der Waals surface area contributed by atoms with Crippen molar-refractivity contribution in [3.63, 3.8) is 0 Å². The minimum atomic E-state index is -1.36. The number of anilines is 1. The predicted molar refractivity (Wildman–Crippen MR) is 136 cm³/mol. The lowest BCUT2D eigenvalue weighted by molar-refractivity contribution is -0.117. The van der Waals surface area contributed by atoms with E-state index in [1.54, 1.807) is 18.2 Å². The highest BCUT2D eigenvalue weighted by Gasteiger charge is 2.67. The number of halogens is 6. The van der Waals surface area contributed by atoms with E-state index in [4.69, 9.17) is 74.9 Å². The molecule has 2 aromatic rings. The third-order valence-electron chi connectivity index (χ3n) is 6.13. The Kier molecular flexibility index (Phi) is 7.51. The summed E-state index contributed by atoms with van der Waals surface area (Å²) in [7, 11) is 0. The molecule has 2 saturated carbocycles. The topological polar surface area (TPSA) is 82.0 Å². The molecule has 4 atom stereocenters. The molecule has 2 fully saturated rings. The van der Waals surface area contributed by atoms with Crippen molar-refractivity contribution >= 4 is 87.1 Å². The fourth-order valence-corrected chi connectivity index (χ4v) is 5.96. The Balaban J connectivity index is 1.47. The molecule has 2 amide bonds. The first kappa shape index (κ1) is 25.7. The first-order chi connectivity index (χ1) is 16.0. The average molecular weight is 580 g/mol. The van der Waals surface area contributed by atoms with Crippen molar-refractivity contribution in [1.29, 1.82) is 5.26 Å². The zero-order valence-electron chi connectivity index (χ0n) is 17.3. The summed E-state index contributed by atoms with van der Waals surface area (Å²) in [6.45, 7) is 0. The normalized spacial score (nSPS) is 24.9. The SMILES string of the molecule is N#CC1CCC(NC(=O)c2cc(NC(=O)C3C(c4cc(Cl)c(Cl)c(Cl)c4)C3(Cl)Cl)ccc2Cl)C1. The summed E-state index contributed by atoms with van der Waals surface area (Å²) < 4.78 is -1.36. The van der Waals surface area contributed by atoms with Gasteiger partial charge in [0.25, 0.3) is 5.91 Å². The van der Waals surface area contributed by atoms with Crippen molar-refractivity contribution in [2.45, 2.75) is 35.6 Å². The molecule has 4 rings (SSSR count). The minimum Gasteiger partial charge on any atom is -0.349 e. The van der Waals surface area contributed by atoms with Gasteiger partial charge >= 0.3 is 0 Å². The number of nitriles is 1. The highest BCUT2D eigenvalue weighted by molar-refractivity contribution is 6.54. The molecule has 2 N–H and O–H groups in total. The molecule has 0 aromatic heterocycles. The standard InChI is InChI=1S/C23H17Cl6N3O2/c24-15-4-3-13(8-14(15)21(33)31-12-2-1-10(5-12)9-30)32-22(34)19-18(23(19,28)29)11-6-16(25)20(27)17(26)7-11/h3-4,6-8,10,12,18-19H,1-2,5H2,(H,31,33)(H,32,34). The van der Waals surface area contributed by atoms with Crippen molar-refractivity contribution in [3.8, 4) is 6.07 Å². The third kappa shape index (κ3) is 5.09. The monoisotopic (exact) mass is 577 g/mol. The molecule has 0 saturated heterocycles. The molecule has 2 aliphatic carbocycles. The lowest BCUT2D eigenvalue weighted by atomic mass is 10.1. The minimum absolute atomic E-state index is 0.0605. The van der Waals surface area contributed by atoms with Gasteiger partial charge in [-0.05, 0) is 55.2 Å². The van der Waals surface area contributed by atoms with Crippen LogP contribution in [0.15, 0.2) is 30.3 Å². The van der Waals surface area contributed by atoms with Crippen LogP contribution in [0.25, 0.3) is 0 Å². The number of nitrogens with zero attached hydrogens (tertiary/aromatic N) is 1. The smallest absolute Gasteiger partial charge is 0.253 e. The Morgan fingerprint density at radius 3 is 2.29 bits per heavy atom. The van der Waals surface area contributed by atoms with Crippen molar-refractivity contribution < 1.29 is 9.59 Å². The van der Waals surface area contributed by atoms with Crippen LogP contribution in [0.4, 0.5) is 5.69 Å². The summed E-state index contributed by atoms with van der Waals surface area (Å²) in [5.41, 5.74) is 1.17. The molecule has 4 unspecified atom stereocenters. The summed E-state index contributed by atoms with van der Waals surface area (Å²) in [5, 5.41) is 15.6. The average Bonchev–Trinajstić information content (AvgIpc) is 3.11. The van der Waals surface area contributed by atoms with E-state index >= 15 is 0 Å². The lowest BCUT2D eigenvalue weighted by Crippen LogP contribution is -2.33. The molecule has 11 heteroatoms. The maximum atomic E-state index is 13.0. The van der Waals surface area contributed by atoms with Crippen LogP contribution < -0.4 is 10.6 Å². The molecule has 0 spiro atoms. The second-order valence-corrected chi connectivity index (χ2v) is 11.5. The number of alkyl halides is 2. The molecule has 0 heterocycles. The van der Waals surface area contributed by atoms with Crippen LogP contribution in [0.3, 0.4) is 0 Å². The Morgan fingerprint density at radius 1 is 1.00 bits per heavy atom. The Hall–Kier alpha value is -1.39. The molecule has 2 aromatic carbocycles. The van der Waals surface area contributed by atoms with E-state index in [0.29, 0.717) is 17.7 Å². The lowest BCUT2D eigenvalue weighted by Gasteiger charge is -2.14. The third-order valence-corrected chi connectivity index (χ3v) is 8.60. The van der Waals surface area contributed by atoms with Gasteiger partial charge in [-0.3, -0.25) is 9.59 Å². The second-order valence-electron chi connectivity index (χ2n) is 8.42. The number of nitrogens with one attached hydrogen (secondary N) is 2. The van der Waals surface area contributed by atoms with Crippen molar-refractivity contribution in [2.75, 3.05) is 5.32 Å². The second kappa shape index (κ2) is 9.93. The highest BCUT2D eigenvalue weighted by atomic mass is 35.5. The Labute approximate surface area is 226 Å². The molecule has 5 nitrogen and oxygen atoms in total. The van der Waals surface area contributed by atoms with Crippen molar-refractivity contribution in [3.05, 3.63) is 61.5 Å². The zero-order chi connectivity index (χ0) is 24.8. The van der Waals surface area contributed by atoms with Gasteiger partial charge in [-0.15, -0.1) is 23.2 Å². The maximum absolute atomic E-state index is 13.0. The van der Waals surface area contributed by atoms with Gasteiger partial charge < -0.3 is 10.6 Å². The summed E-state index contributed by atoms with van der Waals surface area (Å²) in [5.74, 6) is -2.19. The van der Waals surface area contributed by atoms with Crippen LogP contribution in [0, 0.1) is 23.2 Å². The number of benzene rings is 2. The van der Waals surface area contributed by atoms with Crippen molar-refractivity contribution in [2.24, 2.45) is 11.8 Å². The number of rotatable bonds is 5. The number of carbonyl (C=O) groups excluding carboxylic acids is 2. The van der Waals surface area contributed by atoms with E-state index < -0.39 is 22.1 Å². The fraction of sp³-hybridized carbons (Fsp3) is 0.348. The van der Waals surface area contributed by atoms with E-state index in [-0.39, 0.29) is 43.5 Å². The molecule has 34 heavy (non-hydrogen) atoms. The van der Waals surface area contributed by atoms with Gasteiger partial charge in [0.1, 0.15) is 4.33 Å². The van der Waals surface area contributed by atoms with Crippen LogP contribution in [-0.2, 0) is 4.79 Å². The van der Waals surface area contributed by atoms with E-state index in [1.165, 1.54) is 12.1 Å². The quantitative estimate of drug-likeness (QED) is 0.289. The maximum Gasteiger partial charge on any atom is 0.253 e. The van der Waals surface area contributed by atoms with Gasteiger partial charge in [-0.25, -0.2) is 0 Å². The van der Waals surface area contributed by atoms with Crippen LogP contribution in [0.1, 0.15) is 41.1 Å². The first-order valence-electron chi connectivity index (χ1n) is 10.4. The molecule has 0 bridgehead atoms. The summed E-state index contributed by atoms with van der Waals surface area (Å²) in [6, 6.07) is 9.89. The van der Waals surface area contributed by atoms with Gasteiger partial charge in [-0.2, -0.15) is 5.26 Å². The predicted octanol–water partition coefficient (Wildman–Crippen LogP) is 7.25. The van der Waals surface area contributed by atoms with Crippen LogP contribution in [-0.4, -0.2) is 22.2 Å². The van der Waals surface area contributed by atoms with E-state index in [2.05, 4.69) is 16.7 Å². The number of carbonyl (C=O) groups is 2. The van der Waals surface area contributed by atoms with Gasteiger partial charge in [0.05, 0.1) is 37.6 Å². The summed E-state index contributed by atoms with van der Waals surface area (Å²) in [6.07, 6.45) is 2.08. The molecule has 0 radical (unpaired) electrons. The molecular formula is C23H17Cl6N3O2. The molecule has 2 aliphatic rings. The zero-order valence-corrected chi connectivity index (χ0v) is 21.9. The molecule has 0 aliphatic heterocycles. The van der Waals surface area contributed by atoms with Gasteiger partial charge in [0, 0.05) is 23.6 Å². The van der Waals surface area contributed by atoms with Gasteiger partial charge in [-0.1, -0.05) is 46.4 Å². The number of amides is 2. The largest absolute Gasteiger partial charge is 0.349 e. The summed E-state index contributed by atoms with van der Waals surface area (Å²) in [4.78, 5) is 25.8. The van der Waals surface area contributed by atoms with Gasteiger partial charge in [0.15, 0.2) is 0 Å². The molecule has 178 valence electrons. The van der Waals surface area contributed by atoms with Crippen molar-refractivity contribution in [1.82, 2.24) is 5.32 Å².